The average molecular weight is 1210 g/mol. The zero-order valence-corrected chi connectivity index (χ0v) is 47.8. The molecule has 2 aromatic heterocycles. The summed E-state index contributed by atoms with van der Waals surface area (Å²) in [6.45, 7) is 10.6. The van der Waals surface area contributed by atoms with Gasteiger partial charge < -0.3 is 40.0 Å². The number of fused-ring (bicyclic) bond motifs is 1. The fraction of sp³-hybridized carbons (Fsp3) is 0.358. The molecule has 2 aromatic carbocycles. The van der Waals surface area contributed by atoms with Gasteiger partial charge in [0.15, 0.2) is 17.3 Å². The molecule has 1 atom stereocenters. The summed E-state index contributed by atoms with van der Waals surface area (Å²) in [6, 6.07) is 12.4. The van der Waals surface area contributed by atoms with Crippen LogP contribution >= 0.6 is 34.3 Å². The normalized spacial score (nSPS) is 18.9. The van der Waals surface area contributed by atoms with Gasteiger partial charge in [-0.25, -0.2) is 0 Å². The molecule has 2 fully saturated rings. The summed E-state index contributed by atoms with van der Waals surface area (Å²) in [5, 5.41) is 54.6. The molecular formula is C53H58ClCoFeN10O10S2-. The van der Waals surface area contributed by atoms with Crippen molar-refractivity contribution in [2.45, 2.75) is 97.3 Å². The van der Waals surface area contributed by atoms with E-state index in [0.717, 1.165) is 109 Å². The van der Waals surface area contributed by atoms with Gasteiger partial charge in [0.25, 0.3) is 0 Å². The Hall–Kier alpha value is -6.66. The van der Waals surface area contributed by atoms with Gasteiger partial charge in [-0.2, -0.15) is 4.58 Å². The van der Waals surface area contributed by atoms with Crippen LogP contribution in [0.4, 0.5) is 21.4 Å². The van der Waals surface area contributed by atoms with Crippen molar-refractivity contribution in [2.24, 2.45) is 26.3 Å². The number of aliphatic hydroxyl groups is 2. The molecule has 1 aliphatic heterocycles. The van der Waals surface area contributed by atoms with Gasteiger partial charge in [0.2, 0.25) is 5.69 Å². The fourth-order valence-corrected chi connectivity index (χ4v) is 9.91. The number of nitrogens with zero attached hydrogens (tertiary/aromatic N) is 10. The summed E-state index contributed by atoms with van der Waals surface area (Å²) < 4.78 is 8.30. The molecule has 1 radical (unpaired) electrons. The van der Waals surface area contributed by atoms with Crippen molar-refractivity contribution in [3.63, 3.8) is 0 Å². The summed E-state index contributed by atoms with van der Waals surface area (Å²) >= 11 is 7.88. The molecule has 0 amide bonds. The van der Waals surface area contributed by atoms with E-state index in [1.54, 1.807) is 0 Å². The minimum absolute atomic E-state index is 0. The van der Waals surface area contributed by atoms with Crippen LogP contribution in [0.15, 0.2) is 123 Å². The molecule has 417 valence electrons. The Morgan fingerprint density at radius 2 is 1.32 bits per heavy atom. The van der Waals surface area contributed by atoms with Crippen LogP contribution in [0.5, 0.6) is 5.75 Å². The van der Waals surface area contributed by atoms with Crippen LogP contribution < -0.4 is 29.2 Å². The number of carbonyl (C=O) groups is 3. The van der Waals surface area contributed by atoms with E-state index in [2.05, 4.69) is 111 Å². The first-order valence-corrected chi connectivity index (χ1v) is 26.7. The molecule has 20 nitrogen and oxygen atoms in total. The van der Waals surface area contributed by atoms with Crippen molar-refractivity contribution in [1.29, 1.82) is 0 Å². The van der Waals surface area contributed by atoms with E-state index in [1.165, 1.54) is 73.4 Å². The van der Waals surface area contributed by atoms with Gasteiger partial charge in [-0.3, -0.25) is 44.8 Å². The van der Waals surface area contributed by atoms with Gasteiger partial charge in [0.1, 0.15) is 35.7 Å². The van der Waals surface area contributed by atoms with E-state index in [4.69, 9.17) is 16.3 Å². The third-order valence-electron chi connectivity index (χ3n) is 12.9. The van der Waals surface area contributed by atoms with E-state index >= 15 is 0 Å². The number of esters is 1. The van der Waals surface area contributed by atoms with Crippen molar-refractivity contribution in [3.8, 4) is 5.75 Å². The van der Waals surface area contributed by atoms with Crippen LogP contribution in [-0.2, 0) is 53.6 Å². The Morgan fingerprint density at radius 1 is 0.808 bits per heavy atom. The molecule has 0 bridgehead atoms. The van der Waals surface area contributed by atoms with Crippen LogP contribution in [0, 0.1) is 26.1 Å². The van der Waals surface area contributed by atoms with Gasteiger partial charge in [0.05, 0.1) is 21.2 Å². The van der Waals surface area contributed by atoms with E-state index in [9.17, 15) is 44.8 Å². The third-order valence-corrected chi connectivity index (χ3v) is 14.8. The zero-order chi connectivity index (χ0) is 54.9. The molecular weight excluding hydrogens is 1150 g/mol. The number of rotatable bonds is 12. The van der Waals surface area contributed by atoms with Crippen molar-refractivity contribution in [3.05, 3.63) is 149 Å². The second kappa shape index (κ2) is 30.5. The maximum Gasteiger partial charge on any atom is 0.319 e. The molecule has 2 N–H and O–H groups in total. The average Bonchev–Trinajstić information content (AvgIpc) is 4.29. The molecule has 2 saturated carbocycles. The number of hydrogen-bond donors (Lipinski definition) is 2. The predicted molar refractivity (Wildman–Crippen MR) is 294 cm³/mol. The maximum absolute atomic E-state index is 12.9. The first-order valence-electron chi connectivity index (χ1n) is 24.7. The molecule has 9 rings (SSSR count). The first kappa shape index (κ1) is 63.9. The number of nitro groups is 2. The minimum Gasteiger partial charge on any atom is -0.506 e. The van der Waals surface area contributed by atoms with Crippen molar-refractivity contribution < 1.29 is 77.6 Å². The molecule has 0 saturated heterocycles. The van der Waals surface area contributed by atoms with E-state index in [0.29, 0.717) is 5.75 Å². The summed E-state index contributed by atoms with van der Waals surface area (Å²) in [4.78, 5) is 64.1. The standard InChI is InChI=1S/C30H38ClN2O2.2C9H6N4O4S.C5H10.Co.Fe/c1-6-30(4)25-19-23(31)15-17-26(25)32(5)28(30)18-14-21-13-16-24(33(7-2)8-3)20-27(21)35-29(34)22-11-9-10-12-22;2*14-5-1-2-6(7(15)3-5)11-12-9-10-4-8(18-9)13(16)17;1-2-4-5-3-1;;/h13-20,22H,6-12H2,1-5H3;2*1-4H,(H2,10,12,14,15);1-5H2;;/q+1;;;;;/p-2. The quantitative estimate of drug-likeness (QED) is 0.0254. The van der Waals surface area contributed by atoms with Gasteiger partial charge in [-0.05, 0) is 94.7 Å². The second-order valence-corrected chi connectivity index (χ2v) is 20.3. The van der Waals surface area contributed by atoms with E-state index in [-0.39, 0.29) is 105 Å². The number of hydrogen-bond acceptors (Lipinski definition) is 17. The molecule has 3 heterocycles. The number of benzene rings is 2. The minimum atomic E-state index is -0.583. The maximum atomic E-state index is 12.9. The van der Waals surface area contributed by atoms with Crippen molar-refractivity contribution in [2.75, 3.05) is 25.0 Å². The third kappa shape index (κ3) is 17.2. The van der Waals surface area contributed by atoms with Gasteiger partial charge >= 0.3 is 16.0 Å². The second-order valence-electron chi connectivity index (χ2n) is 17.9. The fourth-order valence-electron chi connectivity index (χ4n) is 8.63. The van der Waals surface area contributed by atoms with Crippen LogP contribution in [0.3, 0.4) is 0 Å². The first-order chi connectivity index (χ1) is 36.4. The number of aliphatic hydroxyl groups excluding tert-OH is 2. The number of thiazole rings is 2. The summed E-state index contributed by atoms with van der Waals surface area (Å²) in [6.07, 6.45) is 26.0. The molecule has 25 heteroatoms. The Kier molecular flexibility index (Phi) is 25.0. The Bertz CT molecular complexity index is 3120. The SMILES string of the molecule is C1CCCC1.CCN(CC)c1ccc(/C=C/C2=[N+](C)c3ccc(Cl)cc3C2(C)CC)c(OC(=O)C2CCCC2)c1.O=C1C=CC(=NN=c2[n-]cc([N+](=O)[O-])s2)C(O)=C1.O=C1C=CC(=NN=c2[n-]cc([N+](=O)[O-])s2)C(O)=C1.[Co].[Fe]. The van der Waals surface area contributed by atoms with Gasteiger partial charge in [-0.1, -0.05) is 86.1 Å². The number of carbonyl (C=O) groups excluding carboxylic acids is 3. The number of ketones is 2. The number of anilines is 1. The van der Waals surface area contributed by atoms with Crippen LogP contribution in [-0.4, -0.2) is 79.4 Å². The number of aromatic nitrogens is 2. The van der Waals surface area contributed by atoms with Crippen molar-refractivity contribution in [1.82, 2.24) is 9.97 Å². The van der Waals surface area contributed by atoms with Crippen LogP contribution in [0.2, 0.25) is 5.02 Å². The van der Waals surface area contributed by atoms with Crippen LogP contribution in [0.1, 0.15) is 103 Å². The number of ether oxygens (including phenoxy) is 1. The number of halogens is 1. The molecule has 1 unspecified atom stereocenters. The molecule has 78 heavy (non-hydrogen) atoms. The Morgan fingerprint density at radius 3 is 1.77 bits per heavy atom. The summed E-state index contributed by atoms with van der Waals surface area (Å²) in [5.74, 6) is -0.758. The summed E-state index contributed by atoms with van der Waals surface area (Å²) in [7, 11) is 2.11. The largest absolute Gasteiger partial charge is 0.506 e. The molecule has 0 spiro atoms. The molecule has 4 aliphatic carbocycles. The smallest absolute Gasteiger partial charge is 0.319 e. The molecule has 4 aromatic rings. The summed E-state index contributed by atoms with van der Waals surface area (Å²) in [5.41, 5.74) is 5.67. The topological polar surface area (TPSA) is 271 Å². The monoisotopic (exact) mass is 1210 g/mol. The van der Waals surface area contributed by atoms with Crippen LogP contribution in [0.25, 0.3) is 6.08 Å². The number of allylic oxidation sites excluding steroid dienone is 7. The van der Waals surface area contributed by atoms with E-state index in [1.807, 2.05) is 12.1 Å². The van der Waals surface area contributed by atoms with Gasteiger partial charge in [-0.15, -0.1) is 0 Å². The van der Waals surface area contributed by atoms with Gasteiger partial charge in [0, 0.05) is 121 Å². The Labute approximate surface area is 484 Å². The van der Waals surface area contributed by atoms with Crippen molar-refractivity contribution >= 4 is 96.4 Å². The van der Waals surface area contributed by atoms with E-state index < -0.39 is 9.85 Å². The zero-order valence-electron chi connectivity index (χ0n) is 43.3. The molecule has 5 aliphatic rings. The Balaban J connectivity index is 0.000000257. The predicted octanol–water partition coefficient (Wildman–Crippen LogP) is 10.2.